The van der Waals surface area contributed by atoms with Crippen molar-refractivity contribution in [3.8, 4) is 0 Å². The molecule has 1 aromatic carbocycles. The third kappa shape index (κ3) is 3.96. The van der Waals surface area contributed by atoms with Crippen molar-refractivity contribution < 1.29 is 4.39 Å². The van der Waals surface area contributed by atoms with E-state index in [4.69, 9.17) is 5.73 Å². The van der Waals surface area contributed by atoms with Gasteiger partial charge in [-0.2, -0.15) is 0 Å². The Morgan fingerprint density at radius 3 is 2.50 bits per heavy atom. The van der Waals surface area contributed by atoms with Crippen LogP contribution in [0.3, 0.4) is 0 Å². The lowest BCUT2D eigenvalue weighted by atomic mass is 10.1. The number of nitrogens with two attached hydrogens (primary N) is 1. The number of rotatable bonds is 3. The van der Waals surface area contributed by atoms with Gasteiger partial charge in [-0.25, -0.2) is 4.39 Å². The monoisotopic (exact) mass is 261 g/mol. The third-order valence-electron chi connectivity index (χ3n) is 2.88. The van der Waals surface area contributed by atoms with Crippen LogP contribution in [-0.2, 0) is 0 Å². The Labute approximate surface area is 106 Å². The molecule has 2 atom stereocenters. The summed E-state index contributed by atoms with van der Waals surface area (Å²) in [5.74, 6) is 1.69. The molecular weight excluding hydrogens is 245 g/mol. The van der Waals surface area contributed by atoms with Crippen molar-refractivity contribution in [1.29, 1.82) is 0 Å². The molecule has 4 heteroatoms. The molecule has 90 valence electrons. The van der Waals surface area contributed by atoms with E-state index in [9.17, 15) is 4.39 Å². The predicted octanol–water partition coefficient (Wildman–Crippen LogP) is 3.47. The summed E-state index contributed by atoms with van der Waals surface area (Å²) in [4.78, 5) is 1.15. The fourth-order valence-electron chi connectivity index (χ4n) is 2.01. The van der Waals surface area contributed by atoms with E-state index in [-0.39, 0.29) is 18.2 Å². The Kier molecular flexibility index (Phi) is 5.59. The number of hydrogen-bond donors (Lipinski definition) is 1. The highest BCUT2D eigenvalue weighted by Crippen LogP contribution is 2.30. The van der Waals surface area contributed by atoms with E-state index in [1.54, 1.807) is 11.8 Å². The maximum Gasteiger partial charge on any atom is 0.123 e. The van der Waals surface area contributed by atoms with E-state index < -0.39 is 0 Å². The molecule has 0 bridgehead atoms. The lowest BCUT2D eigenvalue weighted by Gasteiger charge is -2.08. The van der Waals surface area contributed by atoms with Gasteiger partial charge in [-0.05, 0) is 49.4 Å². The fraction of sp³-hybridized carbons (Fsp3) is 0.500. The number of halogens is 2. The highest BCUT2D eigenvalue weighted by molar-refractivity contribution is 7.99. The molecule has 16 heavy (non-hydrogen) atoms. The molecule has 0 radical (unpaired) electrons. The van der Waals surface area contributed by atoms with Gasteiger partial charge in [0.25, 0.3) is 0 Å². The van der Waals surface area contributed by atoms with Gasteiger partial charge in [0.15, 0.2) is 0 Å². The van der Waals surface area contributed by atoms with Gasteiger partial charge >= 0.3 is 0 Å². The van der Waals surface area contributed by atoms with Gasteiger partial charge < -0.3 is 5.73 Å². The van der Waals surface area contributed by atoms with Crippen LogP contribution in [0.15, 0.2) is 29.2 Å². The molecule has 0 spiro atoms. The third-order valence-corrected chi connectivity index (χ3v) is 4.12. The molecule has 0 heterocycles. The van der Waals surface area contributed by atoms with Crippen LogP contribution in [-0.4, -0.2) is 11.8 Å². The molecule has 1 saturated carbocycles. The van der Waals surface area contributed by atoms with Crippen LogP contribution in [0, 0.1) is 11.7 Å². The zero-order valence-corrected chi connectivity index (χ0v) is 10.7. The Hall–Kier alpha value is -0.250. The molecule has 2 rings (SSSR count). The number of thioether (sulfide) groups is 1. The summed E-state index contributed by atoms with van der Waals surface area (Å²) in [7, 11) is 0. The standard InChI is InChI=1S/C12H16FNS.ClH/c13-10-2-5-12(6-3-10)15-8-9-1-4-11(14)7-9;/h2-3,5-6,9,11H,1,4,7-8,14H2;1H/t9-,11+;/m0./s1. The topological polar surface area (TPSA) is 26.0 Å². The summed E-state index contributed by atoms with van der Waals surface area (Å²) in [6.07, 6.45) is 3.55. The lowest BCUT2D eigenvalue weighted by Crippen LogP contribution is -2.15. The summed E-state index contributed by atoms with van der Waals surface area (Å²) in [5.41, 5.74) is 5.86. The van der Waals surface area contributed by atoms with Gasteiger partial charge in [0.05, 0.1) is 0 Å². The first kappa shape index (κ1) is 13.8. The van der Waals surface area contributed by atoms with Crippen molar-refractivity contribution in [3.05, 3.63) is 30.1 Å². The molecule has 1 aliphatic rings. The molecule has 1 nitrogen and oxygen atoms in total. The predicted molar refractivity (Wildman–Crippen MR) is 69.7 cm³/mol. The Bertz CT molecular complexity index is 317. The van der Waals surface area contributed by atoms with Crippen LogP contribution in [0.5, 0.6) is 0 Å². The highest BCUT2D eigenvalue weighted by Gasteiger charge is 2.21. The van der Waals surface area contributed by atoms with Crippen molar-refractivity contribution in [2.24, 2.45) is 11.7 Å². The van der Waals surface area contributed by atoms with Crippen LogP contribution in [0.2, 0.25) is 0 Å². The van der Waals surface area contributed by atoms with Gasteiger partial charge in [0.2, 0.25) is 0 Å². The van der Waals surface area contributed by atoms with E-state index in [2.05, 4.69) is 0 Å². The largest absolute Gasteiger partial charge is 0.328 e. The van der Waals surface area contributed by atoms with Crippen molar-refractivity contribution in [2.75, 3.05) is 5.75 Å². The molecule has 0 aromatic heterocycles. The van der Waals surface area contributed by atoms with E-state index >= 15 is 0 Å². The van der Waals surface area contributed by atoms with Crippen LogP contribution in [0.1, 0.15) is 19.3 Å². The second-order valence-corrected chi connectivity index (χ2v) is 5.30. The first-order valence-corrected chi connectivity index (χ1v) is 6.36. The molecule has 0 saturated heterocycles. The maximum absolute atomic E-state index is 12.7. The second-order valence-electron chi connectivity index (χ2n) is 4.20. The smallest absolute Gasteiger partial charge is 0.123 e. The Morgan fingerprint density at radius 2 is 1.94 bits per heavy atom. The zero-order chi connectivity index (χ0) is 10.7. The first-order valence-electron chi connectivity index (χ1n) is 5.38. The van der Waals surface area contributed by atoms with Crippen LogP contribution >= 0.6 is 24.2 Å². The minimum atomic E-state index is -0.165. The first-order chi connectivity index (χ1) is 7.24. The second kappa shape index (κ2) is 6.48. The van der Waals surface area contributed by atoms with Crippen molar-refractivity contribution in [2.45, 2.75) is 30.2 Å². The van der Waals surface area contributed by atoms with E-state index in [1.165, 1.54) is 18.6 Å². The van der Waals surface area contributed by atoms with Gasteiger partial charge in [0, 0.05) is 16.7 Å². The van der Waals surface area contributed by atoms with Gasteiger partial charge in [-0.1, -0.05) is 0 Å². The minimum Gasteiger partial charge on any atom is -0.328 e. The van der Waals surface area contributed by atoms with Gasteiger partial charge in [-0.15, -0.1) is 24.2 Å². The summed E-state index contributed by atoms with van der Waals surface area (Å²) in [6, 6.07) is 7.12. The Morgan fingerprint density at radius 1 is 1.25 bits per heavy atom. The molecule has 0 aliphatic heterocycles. The molecule has 1 aliphatic carbocycles. The average molecular weight is 262 g/mol. The average Bonchev–Trinajstić information content (AvgIpc) is 2.64. The molecule has 1 aromatic rings. The van der Waals surface area contributed by atoms with Crippen LogP contribution < -0.4 is 5.73 Å². The van der Waals surface area contributed by atoms with Crippen LogP contribution in [0.25, 0.3) is 0 Å². The molecule has 2 N–H and O–H groups in total. The molecule has 1 fully saturated rings. The van der Waals surface area contributed by atoms with Crippen molar-refractivity contribution in [3.63, 3.8) is 0 Å². The number of hydrogen-bond acceptors (Lipinski definition) is 2. The number of benzene rings is 1. The van der Waals surface area contributed by atoms with Crippen LogP contribution in [0.4, 0.5) is 4.39 Å². The summed E-state index contributed by atoms with van der Waals surface area (Å²) in [6.45, 7) is 0. The van der Waals surface area contributed by atoms with E-state index in [0.717, 1.165) is 29.4 Å². The molecular formula is C12H17ClFNS. The van der Waals surface area contributed by atoms with Gasteiger partial charge in [-0.3, -0.25) is 0 Å². The molecule has 0 amide bonds. The molecule has 0 unspecified atom stereocenters. The quantitative estimate of drug-likeness (QED) is 0.844. The highest BCUT2D eigenvalue weighted by atomic mass is 35.5. The summed E-state index contributed by atoms with van der Waals surface area (Å²) < 4.78 is 12.7. The minimum absolute atomic E-state index is 0. The van der Waals surface area contributed by atoms with Crippen molar-refractivity contribution in [1.82, 2.24) is 0 Å². The van der Waals surface area contributed by atoms with Gasteiger partial charge in [0.1, 0.15) is 5.82 Å². The Balaban J connectivity index is 0.00000128. The van der Waals surface area contributed by atoms with Crippen molar-refractivity contribution >= 4 is 24.2 Å². The van der Waals surface area contributed by atoms with E-state index in [0.29, 0.717) is 6.04 Å². The van der Waals surface area contributed by atoms with E-state index in [1.807, 2.05) is 12.1 Å². The zero-order valence-electron chi connectivity index (χ0n) is 9.06. The lowest BCUT2D eigenvalue weighted by molar-refractivity contribution is 0.603. The normalized spacial score (nSPS) is 24.1. The SMILES string of the molecule is Cl.N[C@@H]1CC[C@H](CSc2ccc(F)cc2)C1. The maximum atomic E-state index is 12.7. The fourth-order valence-corrected chi connectivity index (χ4v) is 3.07. The summed E-state index contributed by atoms with van der Waals surface area (Å²) >= 11 is 1.81. The summed E-state index contributed by atoms with van der Waals surface area (Å²) in [5, 5.41) is 0.